The van der Waals surface area contributed by atoms with Crippen molar-refractivity contribution in [2.24, 2.45) is 0 Å². The third kappa shape index (κ3) is 8.50. The van der Waals surface area contributed by atoms with Crippen LogP contribution in [0.15, 0.2) is 48.5 Å². The van der Waals surface area contributed by atoms with Crippen LogP contribution >= 0.6 is 11.6 Å². The number of benzene rings is 2. The molecule has 2 rings (SSSR count). The van der Waals surface area contributed by atoms with Gasteiger partial charge in [0.1, 0.15) is 11.9 Å². The Kier molecular flexibility index (Phi) is 10.5. The summed E-state index contributed by atoms with van der Waals surface area (Å²) in [4.78, 5) is 27.3. The first kappa shape index (κ1) is 28.6. The fourth-order valence-electron chi connectivity index (χ4n) is 3.49. The van der Waals surface area contributed by atoms with Gasteiger partial charge in [-0.25, -0.2) is 12.8 Å². The molecule has 0 bridgehead atoms. The van der Waals surface area contributed by atoms with E-state index in [1.54, 1.807) is 43.3 Å². The number of carbonyl (C=O) groups excluding carboxylic acids is 2. The van der Waals surface area contributed by atoms with Crippen LogP contribution < -0.4 is 9.62 Å². The summed E-state index contributed by atoms with van der Waals surface area (Å²) >= 11 is 6.01. The van der Waals surface area contributed by atoms with Gasteiger partial charge in [0, 0.05) is 36.1 Å². The summed E-state index contributed by atoms with van der Waals surface area (Å²) in [5, 5.41) is 3.25. The summed E-state index contributed by atoms with van der Waals surface area (Å²) in [6.07, 6.45) is 1.99. The Morgan fingerprint density at radius 2 is 1.80 bits per heavy atom. The average molecular weight is 526 g/mol. The molecule has 0 heterocycles. The van der Waals surface area contributed by atoms with Crippen LogP contribution in [-0.2, 0) is 26.2 Å². The maximum absolute atomic E-state index is 14.3. The topological polar surface area (TPSA) is 86.8 Å². The summed E-state index contributed by atoms with van der Waals surface area (Å²) in [6.45, 7) is 5.37. The molecule has 0 radical (unpaired) electrons. The maximum atomic E-state index is 14.3. The maximum Gasteiger partial charge on any atom is 0.242 e. The number of halogens is 2. The van der Waals surface area contributed by atoms with E-state index in [0.29, 0.717) is 16.3 Å². The molecule has 1 N–H and O–H groups in total. The van der Waals surface area contributed by atoms with Crippen molar-refractivity contribution in [2.75, 3.05) is 17.1 Å². The lowest BCUT2D eigenvalue weighted by Crippen LogP contribution is -2.49. The molecule has 0 fully saturated rings. The molecule has 0 spiro atoms. The molecule has 7 nitrogen and oxygen atoms in total. The van der Waals surface area contributed by atoms with E-state index in [4.69, 9.17) is 11.6 Å². The summed E-state index contributed by atoms with van der Waals surface area (Å²) < 4.78 is 40.2. The second-order valence-corrected chi connectivity index (χ2v) is 10.9. The van der Waals surface area contributed by atoms with Gasteiger partial charge in [0.15, 0.2) is 0 Å². The first-order valence-corrected chi connectivity index (χ1v) is 13.7. The molecule has 2 aromatic rings. The second-order valence-electron chi connectivity index (χ2n) is 8.53. The van der Waals surface area contributed by atoms with E-state index in [1.807, 2.05) is 13.8 Å². The van der Waals surface area contributed by atoms with Crippen LogP contribution in [0.3, 0.4) is 0 Å². The van der Waals surface area contributed by atoms with Crippen molar-refractivity contribution in [2.45, 2.75) is 58.7 Å². The van der Waals surface area contributed by atoms with Crippen LogP contribution in [0.5, 0.6) is 0 Å². The highest BCUT2D eigenvalue weighted by atomic mass is 35.5. The van der Waals surface area contributed by atoms with Crippen molar-refractivity contribution in [3.8, 4) is 0 Å². The molecule has 2 aromatic carbocycles. The largest absolute Gasteiger partial charge is 0.352 e. The number of nitrogens with zero attached hydrogens (tertiary/aromatic N) is 2. The highest BCUT2D eigenvalue weighted by molar-refractivity contribution is 7.92. The number of anilines is 1. The van der Waals surface area contributed by atoms with Crippen LogP contribution in [0, 0.1) is 5.82 Å². The van der Waals surface area contributed by atoms with Crippen molar-refractivity contribution in [1.29, 1.82) is 0 Å². The van der Waals surface area contributed by atoms with Gasteiger partial charge in [0.2, 0.25) is 21.8 Å². The minimum atomic E-state index is -3.62. The van der Waals surface area contributed by atoms with E-state index in [2.05, 4.69) is 5.32 Å². The van der Waals surface area contributed by atoms with Crippen molar-refractivity contribution in [1.82, 2.24) is 10.2 Å². The molecule has 0 aromatic heterocycles. The molecular weight excluding hydrogens is 493 g/mol. The first-order chi connectivity index (χ1) is 16.4. The molecule has 2 amide bonds. The molecular formula is C25H33ClFN3O4S. The van der Waals surface area contributed by atoms with E-state index in [1.165, 1.54) is 21.3 Å². The molecule has 0 aliphatic rings. The van der Waals surface area contributed by atoms with E-state index >= 15 is 0 Å². The number of sulfonamides is 1. The third-order valence-corrected chi connectivity index (χ3v) is 7.14. The van der Waals surface area contributed by atoms with Gasteiger partial charge in [-0.2, -0.15) is 0 Å². The monoisotopic (exact) mass is 525 g/mol. The fourth-order valence-corrected chi connectivity index (χ4v) is 4.64. The van der Waals surface area contributed by atoms with Crippen molar-refractivity contribution in [3.05, 3.63) is 64.9 Å². The zero-order valence-electron chi connectivity index (χ0n) is 20.5. The van der Waals surface area contributed by atoms with E-state index in [9.17, 15) is 22.4 Å². The van der Waals surface area contributed by atoms with Gasteiger partial charge in [0.05, 0.1) is 11.9 Å². The Bertz CT molecular complexity index is 1130. The molecule has 2 atom stereocenters. The lowest BCUT2D eigenvalue weighted by Gasteiger charge is -2.30. The lowest BCUT2D eigenvalue weighted by molar-refractivity contribution is -0.141. The molecule has 10 heteroatoms. The predicted octanol–water partition coefficient (Wildman–Crippen LogP) is 4.36. The number of rotatable bonds is 12. The van der Waals surface area contributed by atoms with Crippen LogP contribution in [0.2, 0.25) is 5.02 Å². The van der Waals surface area contributed by atoms with Gasteiger partial charge in [-0.05, 0) is 51.0 Å². The molecule has 192 valence electrons. The van der Waals surface area contributed by atoms with Crippen LogP contribution in [-0.4, -0.2) is 50.0 Å². The minimum Gasteiger partial charge on any atom is -0.352 e. The zero-order chi connectivity index (χ0) is 26.2. The Labute approximate surface area is 212 Å². The first-order valence-electron chi connectivity index (χ1n) is 11.5. The van der Waals surface area contributed by atoms with Gasteiger partial charge in [0.25, 0.3) is 0 Å². The Morgan fingerprint density at radius 3 is 2.40 bits per heavy atom. The van der Waals surface area contributed by atoms with Crippen LogP contribution in [0.25, 0.3) is 0 Å². The smallest absolute Gasteiger partial charge is 0.242 e. The van der Waals surface area contributed by atoms with Gasteiger partial charge in [-0.1, -0.05) is 42.8 Å². The lowest BCUT2D eigenvalue weighted by atomic mass is 10.1. The average Bonchev–Trinajstić information content (AvgIpc) is 2.79. The quantitative estimate of drug-likeness (QED) is 0.446. The normalized spacial score (nSPS) is 13.1. The van der Waals surface area contributed by atoms with Gasteiger partial charge in [-0.3, -0.25) is 13.9 Å². The molecule has 0 aliphatic carbocycles. The van der Waals surface area contributed by atoms with E-state index < -0.39 is 21.9 Å². The highest BCUT2D eigenvalue weighted by Gasteiger charge is 2.28. The molecule has 0 saturated heterocycles. The standard InChI is InChI=1S/C25H33ClFN3O4S/c1-5-18(2)28-25(32)19(3)29(17-20-10-6-7-13-23(20)27)24(31)14-9-15-30(35(4,33)34)22-12-8-11-21(26)16-22/h6-8,10-13,16,18-19H,5,9,14-15,17H2,1-4H3,(H,28,32)/t18-,19-/m1/s1. The minimum absolute atomic E-state index is 0.0258. The summed E-state index contributed by atoms with van der Waals surface area (Å²) in [5.41, 5.74) is 0.692. The van der Waals surface area contributed by atoms with Crippen LogP contribution in [0.4, 0.5) is 10.1 Å². The van der Waals surface area contributed by atoms with E-state index in [-0.39, 0.29) is 43.8 Å². The van der Waals surface area contributed by atoms with Crippen molar-refractivity contribution in [3.63, 3.8) is 0 Å². The Balaban J connectivity index is 2.19. The predicted molar refractivity (Wildman–Crippen MR) is 137 cm³/mol. The number of hydrogen-bond donors (Lipinski definition) is 1. The Hall–Kier alpha value is -2.65. The molecule has 0 unspecified atom stereocenters. The molecule has 35 heavy (non-hydrogen) atoms. The van der Waals surface area contributed by atoms with Gasteiger partial charge in [-0.15, -0.1) is 0 Å². The van der Waals surface area contributed by atoms with Crippen molar-refractivity contribution >= 4 is 39.1 Å². The molecule has 0 saturated carbocycles. The van der Waals surface area contributed by atoms with Gasteiger partial charge >= 0.3 is 0 Å². The van der Waals surface area contributed by atoms with E-state index in [0.717, 1.165) is 12.7 Å². The number of amides is 2. The highest BCUT2D eigenvalue weighted by Crippen LogP contribution is 2.23. The zero-order valence-corrected chi connectivity index (χ0v) is 22.1. The number of carbonyl (C=O) groups is 2. The molecule has 0 aliphatic heterocycles. The third-order valence-electron chi connectivity index (χ3n) is 5.72. The fraction of sp³-hybridized carbons (Fsp3) is 0.440. The summed E-state index contributed by atoms with van der Waals surface area (Å²) in [5.74, 6) is -1.18. The number of hydrogen-bond acceptors (Lipinski definition) is 4. The Morgan fingerprint density at radius 1 is 1.11 bits per heavy atom. The number of nitrogens with one attached hydrogen (secondary N) is 1. The summed E-state index contributed by atoms with van der Waals surface area (Å²) in [6, 6.07) is 11.6. The summed E-state index contributed by atoms with van der Waals surface area (Å²) in [7, 11) is -3.62. The SMILES string of the molecule is CC[C@@H](C)NC(=O)[C@@H](C)N(Cc1ccccc1F)C(=O)CCCN(c1cccc(Cl)c1)S(C)(=O)=O. The second kappa shape index (κ2) is 12.9. The van der Waals surface area contributed by atoms with Crippen LogP contribution in [0.1, 0.15) is 45.6 Å². The van der Waals surface area contributed by atoms with Crippen molar-refractivity contribution < 1.29 is 22.4 Å². The van der Waals surface area contributed by atoms with Gasteiger partial charge < -0.3 is 10.2 Å².